The zero-order chi connectivity index (χ0) is 11.3. The molecule has 3 nitrogen and oxygen atoms in total. The Morgan fingerprint density at radius 1 is 1.53 bits per heavy atom. The van der Waals surface area contributed by atoms with Crippen molar-refractivity contribution in [2.75, 3.05) is 13.2 Å². The molecule has 15 heavy (non-hydrogen) atoms. The van der Waals surface area contributed by atoms with Crippen LogP contribution in [0.2, 0.25) is 0 Å². The number of ether oxygens (including phenoxy) is 1. The minimum absolute atomic E-state index is 0.350. The van der Waals surface area contributed by atoms with Crippen LogP contribution in [0.5, 0.6) is 0 Å². The zero-order valence-corrected chi connectivity index (χ0v) is 10.8. The van der Waals surface area contributed by atoms with Crippen molar-refractivity contribution in [3.63, 3.8) is 0 Å². The summed E-state index contributed by atoms with van der Waals surface area (Å²) in [7, 11) is 0. The standard InChI is InChI=1S/C11H17BrN2O/c1-3-15-8-11(2,13)6-10-5-4-9(12)7-14-10/h4-5,7H,3,6,8,13H2,1-2H3. The molecule has 0 radical (unpaired) electrons. The molecule has 1 aromatic heterocycles. The van der Waals surface area contributed by atoms with E-state index in [1.807, 2.05) is 26.0 Å². The van der Waals surface area contributed by atoms with E-state index in [1.165, 1.54) is 0 Å². The van der Waals surface area contributed by atoms with Crippen LogP contribution < -0.4 is 5.73 Å². The van der Waals surface area contributed by atoms with Gasteiger partial charge in [0.2, 0.25) is 0 Å². The molecular formula is C11H17BrN2O. The fourth-order valence-corrected chi connectivity index (χ4v) is 1.55. The van der Waals surface area contributed by atoms with Crippen molar-refractivity contribution in [1.29, 1.82) is 0 Å². The fraction of sp³-hybridized carbons (Fsp3) is 0.545. The van der Waals surface area contributed by atoms with E-state index in [0.29, 0.717) is 13.2 Å². The first-order valence-corrected chi connectivity index (χ1v) is 5.80. The second-order valence-electron chi connectivity index (χ2n) is 3.94. The van der Waals surface area contributed by atoms with E-state index >= 15 is 0 Å². The van der Waals surface area contributed by atoms with Gasteiger partial charge in [0, 0.05) is 34.9 Å². The van der Waals surface area contributed by atoms with Crippen LogP contribution in [-0.2, 0) is 11.2 Å². The molecule has 1 heterocycles. The number of rotatable bonds is 5. The lowest BCUT2D eigenvalue weighted by atomic mass is 9.98. The third-order valence-corrected chi connectivity index (χ3v) is 2.48. The molecule has 0 aliphatic rings. The third kappa shape index (κ3) is 4.73. The van der Waals surface area contributed by atoms with Crippen molar-refractivity contribution in [3.8, 4) is 0 Å². The van der Waals surface area contributed by atoms with Gasteiger partial charge in [-0.2, -0.15) is 0 Å². The van der Waals surface area contributed by atoms with Crippen LogP contribution in [-0.4, -0.2) is 23.7 Å². The Bertz CT molecular complexity index is 298. The van der Waals surface area contributed by atoms with Crippen molar-refractivity contribution in [2.45, 2.75) is 25.8 Å². The summed E-state index contributed by atoms with van der Waals surface area (Å²) in [5.74, 6) is 0. The largest absolute Gasteiger partial charge is 0.380 e. The molecule has 4 heteroatoms. The van der Waals surface area contributed by atoms with E-state index in [9.17, 15) is 0 Å². The first-order valence-electron chi connectivity index (χ1n) is 5.00. The summed E-state index contributed by atoms with van der Waals surface area (Å²) in [5, 5.41) is 0. The van der Waals surface area contributed by atoms with Gasteiger partial charge in [-0.25, -0.2) is 0 Å². The summed E-state index contributed by atoms with van der Waals surface area (Å²) < 4.78 is 6.31. The molecule has 0 fully saturated rings. The number of hydrogen-bond acceptors (Lipinski definition) is 3. The number of pyridine rings is 1. The van der Waals surface area contributed by atoms with Gasteiger partial charge >= 0.3 is 0 Å². The number of nitrogens with two attached hydrogens (primary N) is 1. The Kier molecular flexibility index (Phi) is 4.70. The lowest BCUT2D eigenvalue weighted by Crippen LogP contribution is -2.43. The van der Waals surface area contributed by atoms with E-state index in [1.54, 1.807) is 6.20 Å². The summed E-state index contributed by atoms with van der Waals surface area (Å²) in [6, 6.07) is 3.94. The van der Waals surface area contributed by atoms with Gasteiger partial charge in [-0.3, -0.25) is 4.98 Å². The van der Waals surface area contributed by atoms with Crippen LogP contribution in [0, 0.1) is 0 Å². The van der Waals surface area contributed by atoms with E-state index in [2.05, 4.69) is 20.9 Å². The van der Waals surface area contributed by atoms with Crippen LogP contribution in [0.25, 0.3) is 0 Å². The lowest BCUT2D eigenvalue weighted by Gasteiger charge is -2.23. The van der Waals surface area contributed by atoms with Gasteiger partial charge in [-0.1, -0.05) is 0 Å². The Labute approximate surface area is 99.2 Å². The Morgan fingerprint density at radius 2 is 2.27 bits per heavy atom. The smallest absolute Gasteiger partial charge is 0.0647 e. The highest BCUT2D eigenvalue weighted by atomic mass is 79.9. The topological polar surface area (TPSA) is 48.1 Å². The van der Waals surface area contributed by atoms with Gasteiger partial charge < -0.3 is 10.5 Å². The summed E-state index contributed by atoms with van der Waals surface area (Å²) >= 11 is 3.35. The average molecular weight is 273 g/mol. The van der Waals surface area contributed by atoms with Gasteiger partial charge in [0.05, 0.1) is 6.61 Å². The Morgan fingerprint density at radius 3 is 2.80 bits per heavy atom. The van der Waals surface area contributed by atoms with Crippen molar-refractivity contribution in [1.82, 2.24) is 4.98 Å². The highest BCUT2D eigenvalue weighted by molar-refractivity contribution is 9.10. The minimum Gasteiger partial charge on any atom is -0.380 e. The monoisotopic (exact) mass is 272 g/mol. The predicted octanol–water partition coefficient (Wildman–Crippen LogP) is 2.14. The van der Waals surface area contributed by atoms with E-state index in [0.717, 1.165) is 16.6 Å². The average Bonchev–Trinajstić information content (AvgIpc) is 2.18. The first-order chi connectivity index (χ1) is 7.03. The molecule has 0 bridgehead atoms. The maximum atomic E-state index is 6.10. The maximum Gasteiger partial charge on any atom is 0.0647 e. The number of halogens is 1. The molecule has 0 spiro atoms. The molecule has 0 aliphatic heterocycles. The van der Waals surface area contributed by atoms with Crippen LogP contribution in [0.3, 0.4) is 0 Å². The quantitative estimate of drug-likeness (QED) is 0.894. The Hall–Kier alpha value is -0.450. The molecule has 0 saturated carbocycles. The maximum absolute atomic E-state index is 6.10. The van der Waals surface area contributed by atoms with Gasteiger partial charge in [0.1, 0.15) is 0 Å². The third-order valence-electron chi connectivity index (χ3n) is 2.01. The van der Waals surface area contributed by atoms with Crippen LogP contribution in [0.1, 0.15) is 19.5 Å². The number of hydrogen-bond donors (Lipinski definition) is 1. The zero-order valence-electron chi connectivity index (χ0n) is 9.16. The molecule has 0 aliphatic carbocycles. The van der Waals surface area contributed by atoms with Crippen molar-refractivity contribution >= 4 is 15.9 Å². The molecule has 1 aromatic rings. The Balaban J connectivity index is 2.56. The highest BCUT2D eigenvalue weighted by Gasteiger charge is 2.19. The van der Waals surface area contributed by atoms with Crippen molar-refractivity contribution < 1.29 is 4.74 Å². The normalized spacial score (nSPS) is 14.9. The first kappa shape index (κ1) is 12.6. The summed E-state index contributed by atoms with van der Waals surface area (Å²) in [4.78, 5) is 4.29. The summed E-state index contributed by atoms with van der Waals surface area (Å²) in [6.45, 7) is 5.20. The summed E-state index contributed by atoms with van der Waals surface area (Å²) in [6.07, 6.45) is 2.51. The molecule has 2 N–H and O–H groups in total. The number of nitrogens with zero attached hydrogens (tertiary/aromatic N) is 1. The molecule has 0 amide bonds. The molecule has 1 rings (SSSR count). The molecule has 1 atom stereocenters. The molecule has 1 unspecified atom stereocenters. The van der Waals surface area contributed by atoms with Crippen molar-refractivity contribution in [2.24, 2.45) is 5.73 Å². The predicted molar refractivity (Wildman–Crippen MR) is 64.7 cm³/mol. The summed E-state index contributed by atoms with van der Waals surface area (Å²) in [5.41, 5.74) is 6.73. The minimum atomic E-state index is -0.350. The molecule has 84 valence electrons. The highest BCUT2D eigenvalue weighted by Crippen LogP contribution is 2.12. The number of aromatic nitrogens is 1. The molecule has 0 aromatic carbocycles. The lowest BCUT2D eigenvalue weighted by molar-refractivity contribution is 0.101. The molecule has 0 saturated heterocycles. The van der Waals surface area contributed by atoms with Crippen LogP contribution in [0.15, 0.2) is 22.8 Å². The van der Waals surface area contributed by atoms with Gasteiger partial charge in [-0.05, 0) is 41.9 Å². The van der Waals surface area contributed by atoms with E-state index < -0.39 is 0 Å². The van der Waals surface area contributed by atoms with Crippen molar-refractivity contribution in [3.05, 3.63) is 28.5 Å². The fourth-order valence-electron chi connectivity index (χ4n) is 1.31. The SMILES string of the molecule is CCOCC(C)(N)Cc1ccc(Br)cn1. The van der Waals surface area contributed by atoms with E-state index in [-0.39, 0.29) is 5.54 Å². The van der Waals surface area contributed by atoms with E-state index in [4.69, 9.17) is 10.5 Å². The second-order valence-corrected chi connectivity index (χ2v) is 4.85. The van der Waals surface area contributed by atoms with Crippen LogP contribution >= 0.6 is 15.9 Å². The van der Waals surface area contributed by atoms with Crippen LogP contribution in [0.4, 0.5) is 0 Å². The molecular weight excluding hydrogens is 256 g/mol. The van der Waals surface area contributed by atoms with Gasteiger partial charge in [-0.15, -0.1) is 0 Å². The second kappa shape index (κ2) is 5.58. The van der Waals surface area contributed by atoms with Gasteiger partial charge in [0.15, 0.2) is 0 Å². The van der Waals surface area contributed by atoms with Gasteiger partial charge in [0.25, 0.3) is 0 Å².